The van der Waals surface area contributed by atoms with Crippen molar-refractivity contribution in [2.75, 3.05) is 0 Å². The van der Waals surface area contributed by atoms with Crippen molar-refractivity contribution in [3.05, 3.63) is 83.9 Å². The highest BCUT2D eigenvalue weighted by atomic mass is 31.2. The van der Waals surface area contributed by atoms with E-state index in [1.165, 1.54) is 24.3 Å². The highest BCUT2D eigenvalue weighted by Gasteiger charge is 2.31. The lowest BCUT2D eigenvalue weighted by Crippen LogP contribution is -2.26. The van der Waals surface area contributed by atoms with E-state index in [4.69, 9.17) is 0 Å². The molecule has 25 heavy (non-hydrogen) atoms. The molecule has 128 valence electrons. The summed E-state index contributed by atoms with van der Waals surface area (Å²) in [6.45, 7) is 0. The standard InChI is InChI=1S/C18H11F4O2P/c19-15-7-5-13(9-17(15)21)25(24,12-3-1-11(23)2-4-12)14-6-8-16(20)18(22)10-14/h1-10,23H. The number of benzene rings is 3. The molecule has 0 atom stereocenters. The van der Waals surface area contributed by atoms with Crippen molar-refractivity contribution in [3.63, 3.8) is 0 Å². The van der Waals surface area contributed by atoms with Gasteiger partial charge in [-0.3, -0.25) is 0 Å². The van der Waals surface area contributed by atoms with Gasteiger partial charge in [-0.1, -0.05) is 0 Å². The minimum absolute atomic E-state index is 0.0805. The maximum absolute atomic E-state index is 13.8. The molecule has 0 aliphatic rings. The average Bonchev–Trinajstić information content (AvgIpc) is 2.59. The molecule has 0 unspecified atom stereocenters. The van der Waals surface area contributed by atoms with Gasteiger partial charge in [0.15, 0.2) is 30.4 Å². The second kappa shape index (κ2) is 6.37. The maximum Gasteiger partial charge on any atom is 0.171 e. The third-order valence-electron chi connectivity index (χ3n) is 3.75. The Morgan fingerprint density at radius 1 is 0.600 bits per heavy atom. The summed E-state index contributed by atoms with van der Waals surface area (Å²) in [5, 5.41) is 9.41. The first-order valence-corrected chi connectivity index (χ1v) is 8.84. The van der Waals surface area contributed by atoms with E-state index in [0.717, 1.165) is 36.4 Å². The molecule has 0 saturated heterocycles. The van der Waals surface area contributed by atoms with Crippen LogP contribution in [0, 0.1) is 23.3 Å². The zero-order valence-electron chi connectivity index (χ0n) is 12.6. The van der Waals surface area contributed by atoms with Crippen LogP contribution in [0.1, 0.15) is 0 Å². The first-order chi connectivity index (χ1) is 11.8. The summed E-state index contributed by atoms with van der Waals surface area (Å²) in [6.07, 6.45) is 0. The van der Waals surface area contributed by atoms with Crippen molar-refractivity contribution in [3.8, 4) is 5.75 Å². The Bertz CT molecular complexity index is 931. The van der Waals surface area contributed by atoms with E-state index in [0.29, 0.717) is 0 Å². The van der Waals surface area contributed by atoms with Crippen molar-refractivity contribution >= 4 is 23.1 Å². The van der Waals surface area contributed by atoms with Crippen LogP contribution >= 0.6 is 7.14 Å². The van der Waals surface area contributed by atoms with E-state index in [9.17, 15) is 27.2 Å². The summed E-state index contributed by atoms with van der Waals surface area (Å²) in [5.74, 6) is -4.75. The van der Waals surface area contributed by atoms with E-state index >= 15 is 0 Å². The van der Waals surface area contributed by atoms with Gasteiger partial charge in [-0.05, 0) is 60.7 Å². The fourth-order valence-electron chi connectivity index (χ4n) is 2.47. The lowest BCUT2D eigenvalue weighted by atomic mass is 10.3. The number of phenolic OH excluding ortho intramolecular Hbond substituents is 1. The molecule has 3 aromatic carbocycles. The van der Waals surface area contributed by atoms with Gasteiger partial charge in [0, 0.05) is 15.9 Å². The largest absolute Gasteiger partial charge is 0.508 e. The van der Waals surface area contributed by atoms with Crippen LogP contribution in [-0.2, 0) is 4.57 Å². The molecule has 3 aromatic rings. The molecule has 0 spiro atoms. The molecule has 0 bridgehead atoms. The van der Waals surface area contributed by atoms with Gasteiger partial charge in [-0.15, -0.1) is 0 Å². The van der Waals surface area contributed by atoms with Crippen LogP contribution in [-0.4, -0.2) is 5.11 Å². The summed E-state index contributed by atoms with van der Waals surface area (Å²) in [4.78, 5) is 0. The molecule has 0 aromatic heterocycles. The second-order valence-corrected chi connectivity index (χ2v) is 8.09. The molecule has 0 aliphatic heterocycles. The van der Waals surface area contributed by atoms with Crippen LogP contribution in [0.5, 0.6) is 5.75 Å². The van der Waals surface area contributed by atoms with Crippen LogP contribution in [0.15, 0.2) is 60.7 Å². The quantitative estimate of drug-likeness (QED) is 0.568. The summed E-state index contributed by atoms with van der Waals surface area (Å²) in [5.41, 5.74) is 0. The monoisotopic (exact) mass is 366 g/mol. The smallest absolute Gasteiger partial charge is 0.171 e. The number of hydrogen-bond acceptors (Lipinski definition) is 2. The van der Waals surface area contributed by atoms with Crippen molar-refractivity contribution in [1.29, 1.82) is 0 Å². The topological polar surface area (TPSA) is 37.3 Å². The van der Waals surface area contributed by atoms with Crippen molar-refractivity contribution in [2.24, 2.45) is 0 Å². The molecular weight excluding hydrogens is 355 g/mol. The Labute approximate surface area is 140 Å². The van der Waals surface area contributed by atoms with Crippen LogP contribution in [0.25, 0.3) is 0 Å². The Morgan fingerprint density at radius 3 is 1.40 bits per heavy atom. The molecule has 2 nitrogen and oxygen atoms in total. The van der Waals surface area contributed by atoms with Crippen LogP contribution in [0.2, 0.25) is 0 Å². The van der Waals surface area contributed by atoms with Gasteiger partial charge in [0.1, 0.15) is 5.75 Å². The van der Waals surface area contributed by atoms with Crippen LogP contribution < -0.4 is 15.9 Å². The van der Waals surface area contributed by atoms with Gasteiger partial charge in [-0.25, -0.2) is 17.6 Å². The maximum atomic E-state index is 13.8. The lowest BCUT2D eigenvalue weighted by molar-refractivity contribution is 0.475. The molecule has 7 heteroatoms. The van der Waals surface area contributed by atoms with E-state index in [1.807, 2.05) is 0 Å². The van der Waals surface area contributed by atoms with E-state index in [-0.39, 0.29) is 21.7 Å². The first-order valence-electron chi connectivity index (χ1n) is 7.13. The fraction of sp³-hybridized carbons (Fsp3) is 0. The Hall–Kier alpha value is -2.59. The summed E-state index contributed by atoms with van der Waals surface area (Å²) in [7, 11) is -3.81. The Balaban J connectivity index is 2.30. The number of rotatable bonds is 3. The second-order valence-electron chi connectivity index (χ2n) is 5.32. The summed E-state index contributed by atoms with van der Waals surface area (Å²) in [6, 6.07) is 10.6. The summed E-state index contributed by atoms with van der Waals surface area (Å²) >= 11 is 0. The van der Waals surface area contributed by atoms with Crippen molar-refractivity contribution in [2.45, 2.75) is 0 Å². The third kappa shape index (κ3) is 3.05. The zero-order valence-corrected chi connectivity index (χ0v) is 13.5. The Kier molecular flexibility index (Phi) is 4.39. The average molecular weight is 366 g/mol. The molecule has 1 N–H and O–H groups in total. The Morgan fingerprint density at radius 2 is 1.00 bits per heavy atom. The molecule has 0 fully saturated rings. The van der Waals surface area contributed by atoms with Crippen molar-refractivity contribution < 1.29 is 27.2 Å². The molecule has 0 heterocycles. The van der Waals surface area contributed by atoms with Gasteiger partial charge in [-0.2, -0.15) is 0 Å². The first kappa shape index (κ1) is 17.2. The van der Waals surface area contributed by atoms with Crippen LogP contribution in [0.3, 0.4) is 0 Å². The molecule has 0 saturated carbocycles. The zero-order chi connectivity index (χ0) is 18.2. The number of halogens is 4. The highest BCUT2D eigenvalue weighted by molar-refractivity contribution is 7.85. The molecular formula is C18H11F4O2P. The predicted molar refractivity (Wildman–Crippen MR) is 87.3 cm³/mol. The van der Waals surface area contributed by atoms with Gasteiger partial charge in [0.25, 0.3) is 0 Å². The molecule has 0 radical (unpaired) electrons. The minimum Gasteiger partial charge on any atom is -0.508 e. The van der Waals surface area contributed by atoms with E-state index < -0.39 is 30.4 Å². The lowest BCUT2D eigenvalue weighted by Gasteiger charge is -2.20. The highest BCUT2D eigenvalue weighted by Crippen LogP contribution is 2.43. The molecule has 0 amide bonds. The number of phenols is 1. The van der Waals surface area contributed by atoms with Crippen molar-refractivity contribution in [1.82, 2.24) is 0 Å². The van der Waals surface area contributed by atoms with Gasteiger partial charge in [0.2, 0.25) is 0 Å². The summed E-state index contributed by atoms with van der Waals surface area (Å²) < 4.78 is 67.7. The van der Waals surface area contributed by atoms with E-state index in [1.54, 1.807) is 0 Å². The van der Waals surface area contributed by atoms with Gasteiger partial charge < -0.3 is 9.67 Å². The minimum atomic E-state index is -3.81. The van der Waals surface area contributed by atoms with Crippen LogP contribution in [0.4, 0.5) is 17.6 Å². The predicted octanol–water partition coefficient (Wildman–Crippen LogP) is 3.59. The van der Waals surface area contributed by atoms with Gasteiger partial charge in [0.05, 0.1) is 0 Å². The fourth-order valence-corrected chi connectivity index (χ4v) is 5.09. The third-order valence-corrected chi connectivity index (χ3v) is 6.78. The number of aromatic hydroxyl groups is 1. The molecule has 0 aliphatic carbocycles. The number of hydrogen-bond donors (Lipinski definition) is 1. The SMILES string of the molecule is O=P(c1ccc(O)cc1)(c1ccc(F)c(F)c1)c1ccc(F)c(F)c1. The normalized spacial score (nSPS) is 11.5. The van der Waals surface area contributed by atoms with E-state index in [2.05, 4.69) is 0 Å². The van der Waals surface area contributed by atoms with Gasteiger partial charge >= 0.3 is 0 Å². The molecule has 3 rings (SSSR count).